The van der Waals surface area contributed by atoms with Gasteiger partial charge >= 0.3 is 5.97 Å². The van der Waals surface area contributed by atoms with Crippen LogP contribution in [-0.2, 0) is 24.0 Å². The third kappa shape index (κ3) is 10.4. The Morgan fingerprint density at radius 3 is 2.22 bits per heavy atom. The van der Waals surface area contributed by atoms with Crippen LogP contribution in [0.25, 0.3) is 0 Å². The normalized spacial score (nSPS) is 17.5. The van der Waals surface area contributed by atoms with Crippen LogP contribution in [0.5, 0.6) is 0 Å². The predicted octanol–water partition coefficient (Wildman–Crippen LogP) is -3.58. The van der Waals surface area contributed by atoms with E-state index in [1.54, 1.807) is 0 Å². The van der Waals surface area contributed by atoms with Crippen molar-refractivity contribution >= 4 is 35.6 Å². The summed E-state index contributed by atoms with van der Waals surface area (Å²) in [6.07, 6.45) is 2.19. The van der Waals surface area contributed by atoms with Crippen molar-refractivity contribution in [3.8, 4) is 0 Å². The Balaban J connectivity index is 2.92. The minimum atomic E-state index is -1.38. The predicted molar refractivity (Wildman–Crippen MR) is 131 cm³/mol. The molecular weight excluding hydrogens is 474 g/mol. The number of hydrogen-bond donors (Lipinski definition) is 8. The summed E-state index contributed by atoms with van der Waals surface area (Å²) >= 11 is 0. The number of unbranched alkanes of at least 4 members (excludes halogenated alkanes) is 1. The van der Waals surface area contributed by atoms with Crippen molar-refractivity contribution in [2.45, 2.75) is 75.5 Å². The van der Waals surface area contributed by atoms with Gasteiger partial charge in [0.25, 0.3) is 0 Å². The van der Waals surface area contributed by atoms with Gasteiger partial charge in [0.15, 0.2) is 5.96 Å². The van der Waals surface area contributed by atoms with Gasteiger partial charge in [0.2, 0.25) is 23.6 Å². The monoisotopic (exact) mass is 513 g/mol. The first-order valence-corrected chi connectivity index (χ1v) is 11.9. The van der Waals surface area contributed by atoms with Gasteiger partial charge in [-0.2, -0.15) is 0 Å². The van der Waals surface area contributed by atoms with E-state index in [-0.39, 0.29) is 31.9 Å². The molecule has 4 atom stereocenters. The van der Waals surface area contributed by atoms with E-state index in [9.17, 15) is 29.1 Å². The maximum atomic E-state index is 13.1. The quantitative estimate of drug-likeness (QED) is 0.0570. The zero-order valence-electron chi connectivity index (χ0n) is 20.4. The van der Waals surface area contributed by atoms with Crippen LogP contribution in [0.4, 0.5) is 0 Å². The van der Waals surface area contributed by atoms with Crippen molar-refractivity contribution in [1.29, 1.82) is 0 Å². The molecule has 204 valence electrons. The third-order valence-corrected chi connectivity index (χ3v) is 5.73. The minimum absolute atomic E-state index is 0.0922. The molecule has 0 radical (unpaired) electrons. The molecular formula is C21H39N9O6. The summed E-state index contributed by atoms with van der Waals surface area (Å²) in [7, 11) is 0. The van der Waals surface area contributed by atoms with Crippen molar-refractivity contribution < 1.29 is 29.1 Å². The first kappa shape index (κ1) is 30.6. The molecule has 1 aliphatic rings. The summed E-state index contributed by atoms with van der Waals surface area (Å²) in [5, 5.41) is 14.4. The molecule has 1 aliphatic heterocycles. The molecule has 15 heteroatoms. The second kappa shape index (κ2) is 15.5. The molecule has 15 nitrogen and oxygen atoms in total. The lowest BCUT2D eigenvalue weighted by Gasteiger charge is -2.29. The number of nitrogens with zero attached hydrogens (tertiary/aromatic N) is 2. The molecule has 1 heterocycles. The van der Waals surface area contributed by atoms with E-state index in [0.29, 0.717) is 38.6 Å². The second-order valence-electron chi connectivity index (χ2n) is 8.66. The van der Waals surface area contributed by atoms with Crippen LogP contribution in [0.3, 0.4) is 0 Å². The highest BCUT2D eigenvalue weighted by molar-refractivity contribution is 5.96. The summed E-state index contributed by atoms with van der Waals surface area (Å²) in [5.74, 6) is -4.13. The summed E-state index contributed by atoms with van der Waals surface area (Å²) < 4.78 is 0. The van der Waals surface area contributed by atoms with Gasteiger partial charge in [-0.05, 0) is 51.5 Å². The van der Waals surface area contributed by atoms with Gasteiger partial charge in [-0.1, -0.05) is 0 Å². The highest BCUT2D eigenvalue weighted by Crippen LogP contribution is 2.20. The Hall–Kier alpha value is -3.46. The van der Waals surface area contributed by atoms with Crippen LogP contribution in [0.2, 0.25) is 0 Å². The standard InChI is InChI=1S/C21H39N9O6/c22-8-2-1-6-13(19(34)30-10-4-7-15(30)20(35)36)28-18(33)14(11-16(24)31)29-17(32)12(23)5-3-9-27-21(25)26/h12-15H,1-11,22-23H2,(H2,24,31)(H,28,33)(H,29,32)(H,35,36)(H4,25,26,27). The van der Waals surface area contributed by atoms with Crippen molar-refractivity contribution in [1.82, 2.24) is 15.5 Å². The molecule has 0 aromatic heterocycles. The smallest absolute Gasteiger partial charge is 0.326 e. The fourth-order valence-corrected chi connectivity index (χ4v) is 3.85. The molecule has 1 saturated heterocycles. The van der Waals surface area contributed by atoms with Crippen molar-refractivity contribution in [2.24, 2.45) is 33.7 Å². The van der Waals surface area contributed by atoms with Crippen molar-refractivity contribution in [3.05, 3.63) is 0 Å². The van der Waals surface area contributed by atoms with Crippen molar-refractivity contribution in [3.63, 3.8) is 0 Å². The average Bonchev–Trinajstić information content (AvgIpc) is 3.30. The molecule has 0 spiro atoms. The van der Waals surface area contributed by atoms with E-state index in [1.807, 2.05) is 0 Å². The second-order valence-corrected chi connectivity index (χ2v) is 8.66. The number of aliphatic imine (C=N–C) groups is 1. The van der Waals surface area contributed by atoms with Crippen LogP contribution in [0.15, 0.2) is 4.99 Å². The Labute approximate surface area is 209 Å². The Kier molecular flexibility index (Phi) is 13.2. The number of carboxylic acid groups (broad SMARTS) is 1. The summed E-state index contributed by atoms with van der Waals surface area (Å²) in [6, 6.07) is -4.43. The number of carbonyl (C=O) groups excluding carboxylic acids is 4. The molecule has 0 saturated carbocycles. The lowest BCUT2D eigenvalue weighted by Crippen LogP contribution is -2.57. The molecule has 1 fully saturated rings. The number of guanidine groups is 1. The van der Waals surface area contributed by atoms with E-state index < -0.39 is 60.2 Å². The number of hydrogen-bond acceptors (Lipinski definition) is 8. The summed E-state index contributed by atoms with van der Waals surface area (Å²) in [5.41, 5.74) is 27.1. The fourth-order valence-electron chi connectivity index (χ4n) is 3.85. The van der Waals surface area contributed by atoms with E-state index in [0.717, 1.165) is 0 Å². The zero-order valence-corrected chi connectivity index (χ0v) is 20.4. The van der Waals surface area contributed by atoms with Crippen LogP contribution < -0.4 is 39.3 Å². The van der Waals surface area contributed by atoms with Gasteiger partial charge < -0.3 is 49.3 Å². The Morgan fingerprint density at radius 2 is 1.64 bits per heavy atom. The molecule has 4 amide bonds. The molecule has 0 bridgehead atoms. The summed E-state index contributed by atoms with van der Waals surface area (Å²) in [6.45, 7) is 0.877. The van der Waals surface area contributed by atoms with Crippen LogP contribution >= 0.6 is 0 Å². The minimum Gasteiger partial charge on any atom is -0.480 e. The number of nitrogens with two attached hydrogens (primary N) is 5. The molecule has 0 aromatic rings. The Bertz CT molecular complexity index is 818. The zero-order chi connectivity index (χ0) is 27.3. The lowest BCUT2D eigenvalue weighted by atomic mass is 10.1. The van der Waals surface area contributed by atoms with Gasteiger partial charge in [-0.3, -0.25) is 24.2 Å². The third-order valence-electron chi connectivity index (χ3n) is 5.73. The maximum Gasteiger partial charge on any atom is 0.326 e. The molecule has 1 rings (SSSR count). The number of likely N-dealkylation sites (tertiary alicyclic amines) is 1. The van der Waals surface area contributed by atoms with Gasteiger partial charge in [-0.25, -0.2) is 4.79 Å². The first-order valence-electron chi connectivity index (χ1n) is 11.9. The first-order chi connectivity index (χ1) is 17.0. The number of primary amides is 1. The number of amides is 4. The highest BCUT2D eigenvalue weighted by atomic mass is 16.4. The largest absolute Gasteiger partial charge is 0.480 e. The topological polar surface area (TPSA) is 275 Å². The van der Waals surface area contributed by atoms with Crippen LogP contribution in [-0.4, -0.2) is 89.4 Å². The average molecular weight is 514 g/mol. The molecule has 4 unspecified atom stereocenters. The van der Waals surface area contributed by atoms with Gasteiger partial charge in [0.1, 0.15) is 18.1 Å². The highest BCUT2D eigenvalue weighted by Gasteiger charge is 2.38. The number of carboxylic acids is 1. The molecule has 0 aromatic carbocycles. The molecule has 36 heavy (non-hydrogen) atoms. The van der Waals surface area contributed by atoms with Gasteiger partial charge in [0, 0.05) is 13.1 Å². The van der Waals surface area contributed by atoms with E-state index >= 15 is 0 Å². The Morgan fingerprint density at radius 1 is 0.972 bits per heavy atom. The molecule has 13 N–H and O–H groups in total. The van der Waals surface area contributed by atoms with Crippen LogP contribution in [0, 0.1) is 0 Å². The van der Waals surface area contributed by atoms with Crippen LogP contribution in [0.1, 0.15) is 51.4 Å². The number of carbonyl (C=O) groups is 5. The van der Waals surface area contributed by atoms with Gasteiger partial charge in [0.05, 0.1) is 12.5 Å². The maximum absolute atomic E-state index is 13.1. The number of nitrogens with one attached hydrogen (secondary N) is 2. The number of rotatable bonds is 16. The van der Waals surface area contributed by atoms with E-state index in [2.05, 4.69) is 15.6 Å². The number of aliphatic carboxylic acids is 1. The molecule has 0 aliphatic carbocycles. The summed E-state index contributed by atoms with van der Waals surface area (Å²) in [4.78, 5) is 66.8. The van der Waals surface area contributed by atoms with Crippen molar-refractivity contribution in [2.75, 3.05) is 19.6 Å². The fraction of sp³-hybridized carbons (Fsp3) is 0.714. The van der Waals surface area contributed by atoms with Gasteiger partial charge in [-0.15, -0.1) is 0 Å². The van der Waals surface area contributed by atoms with E-state index in [1.165, 1.54) is 4.90 Å². The SMILES string of the molecule is NCCCCC(NC(=O)C(CC(N)=O)NC(=O)C(N)CCCN=C(N)N)C(=O)N1CCCC1C(=O)O. The lowest BCUT2D eigenvalue weighted by molar-refractivity contribution is -0.149. The van der Waals surface area contributed by atoms with E-state index in [4.69, 9.17) is 28.7 Å².